The average Bonchev–Trinajstić information content (AvgIpc) is 2.61. The van der Waals surface area contributed by atoms with Crippen LogP contribution in [-0.4, -0.2) is 23.5 Å². The summed E-state index contributed by atoms with van der Waals surface area (Å²) in [6.45, 7) is 4.85. The third-order valence-electron chi connectivity index (χ3n) is 3.65. The molecule has 1 N–H and O–H groups in total. The van der Waals surface area contributed by atoms with Gasteiger partial charge in [0, 0.05) is 28.0 Å². The van der Waals surface area contributed by atoms with Gasteiger partial charge in [-0.1, -0.05) is 48.4 Å². The number of hydrogen-bond acceptors (Lipinski definition) is 3. The third-order valence-corrected chi connectivity index (χ3v) is 6.31. The quantitative estimate of drug-likeness (QED) is 0.446. The average molecular weight is 394 g/mol. The van der Waals surface area contributed by atoms with Crippen molar-refractivity contribution >= 4 is 41.0 Å². The van der Waals surface area contributed by atoms with E-state index in [2.05, 4.69) is 36.5 Å². The van der Waals surface area contributed by atoms with Gasteiger partial charge in [-0.05, 0) is 43.2 Å². The smallest absolute Gasteiger partial charge is 0.233 e. The first kappa shape index (κ1) is 20.2. The van der Waals surface area contributed by atoms with E-state index < -0.39 is 0 Å². The Hall–Kier alpha value is -1.10. The molecule has 2 aromatic rings. The molecule has 1 amide bonds. The highest BCUT2D eigenvalue weighted by Crippen LogP contribution is 2.26. The maximum Gasteiger partial charge on any atom is 0.233 e. The van der Waals surface area contributed by atoms with Crippen LogP contribution in [0.4, 0.5) is 0 Å². The van der Waals surface area contributed by atoms with Crippen molar-refractivity contribution in [2.45, 2.75) is 36.2 Å². The number of rotatable bonds is 9. The fourth-order valence-corrected chi connectivity index (χ4v) is 4.26. The maximum atomic E-state index is 12.4. The van der Waals surface area contributed by atoms with Gasteiger partial charge in [0.15, 0.2) is 0 Å². The minimum absolute atomic E-state index is 0.0667. The molecule has 2 rings (SSSR count). The second kappa shape index (κ2) is 10.8. The fourth-order valence-electron chi connectivity index (χ4n) is 2.35. The molecule has 134 valence electrons. The monoisotopic (exact) mass is 393 g/mol. The molecular weight excluding hydrogens is 370 g/mol. The second-order valence-corrected chi connectivity index (χ2v) is 8.62. The van der Waals surface area contributed by atoms with Crippen molar-refractivity contribution < 1.29 is 4.79 Å². The number of amides is 1. The highest BCUT2D eigenvalue weighted by Gasteiger charge is 2.17. The minimum atomic E-state index is -0.0667. The molecule has 2 aromatic carbocycles. The number of aryl methyl sites for hydroxylation is 1. The van der Waals surface area contributed by atoms with E-state index in [1.165, 1.54) is 11.1 Å². The van der Waals surface area contributed by atoms with Gasteiger partial charge in [0.05, 0.1) is 5.25 Å². The van der Waals surface area contributed by atoms with Crippen molar-refractivity contribution in [3.8, 4) is 0 Å². The molecule has 0 unspecified atom stereocenters. The number of thioether (sulfide) groups is 2. The molecule has 0 aliphatic heterocycles. The number of carbonyl (C=O) groups excluding carboxylic acids is 1. The lowest BCUT2D eigenvalue weighted by molar-refractivity contribution is -0.120. The van der Waals surface area contributed by atoms with E-state index in [4.69, 9.17) is 11.6 Å². The van der Waals surface area contributed by atoms with Gasteiger partial charge in [0.1, 0.15) is 0 Å². The van der Waals surface area contributed by atoms with Gasteiger partial charge in [-0.15, -0.1) is 11.8 Å². The van der Waals surface area contributed by atoms with Crippen LogP contribution in [0.15, 0.2) is 53.4 Å². The first-order chi connectivity index (χ1) is 12.1. The van der Waals surface area contributed by atoms with E-state index >= 15 is 0 Å². The Morgan fingerprint density at radius 1 is 1.20 bits per heavy atom. The highest BCUT2D eigenvalue weighted by atomic mass is 35.5. The first-order valence-electron chi connectivity index (χ1n) is 8.41. The Labute approximate surface area is 164 Å². The summed E-state index contributed by atoms with van der Waals surface area (Å²) in [7, 11) is 0. The summed E-state index contributed by atoms with van der Waals surface area (Å²) in [6, 6.07) is 16.2. The fraction of sp³-hybridized carbons (Fsp3) is 0.350. The lowest BCUT2D eigenvalue weighted by Gasteiger charge is -2.14. The Bertz CT molecular complexity index is 676. The predicted molar refractivity (Wildman–Crippen MR) is 112 cm³/mol. The molecule has 0 radical (unpaired) electrons. The van der Waals surface area contributed by atoms with Crippen LogP contribution in [0, 0.1) is 6.92 Å². The molecule has 0 fully saturated rings. The van der Waals surface area contributed by atoms with Crippen LogP contribution in [0.1, 0.15) is 24.5 Å². The number of benzene rings is 2. The largest absolute Gasteiger partial charge is 0.354 e. The van der Waals surface area contributed by atoms with E-state index in [-0.39, 0.29) is 11.2 Å². The Kier molecular flexibility index (Phi) is 8.73. The molecule has 2 nitrogen and oxygen atoms in total. The molecule has 0 spiro atoms. The summed E-state index contributed by atoms with van der Waals surface area (Å²) in [6.07, 6.45) is 0.801. The first-order valence-corrected chi connectivity index (χ1v) is 10.8. The number of carbonyl (C=O) groups is 1. The molecule has 0 aromatic heterocycles. The van der Waals surface area contributed by atoms with E-state index in [1.807, 2.05) is 43.0 Å². The standard InChI is InChI=1S/C20H24ClNOS2/c1-3-19(25-18-9-7-17(21)8-10-18)20(23)22-11-12-24-14-16-6-4-5-15(2)13-16/h4-10,13,19H,3,11-12,14H2,1-2H3,(H,22,23)/t19-/m1/s1. The topological polar surface area (TPSA) is 29.1 Å². The van der Waals surface area contributed by atoms with Crippen LogP contribution in [0.25, 0.3) is 0 Å². The Balaban J connectivity index is 1.69. The van der Waals surface area contributed by atoms with E-state index in [9.17, 15) is 4.79 Å². The number of hydrogen-bond donors (Lipinski definition) is 1. The normalized spacial score (nSPS) is 12.0. The molecule has 0 heterocycles. The van der Waals surface area contributed by atoms with Crippen LogP contribution >= 0.6 is 35.1 Å². The second-order valence-electron chi connectivity index (χ2n) is 5.80. The highest BCUT2D eigenvalue weighted by molar-refractivity contribution is 8.00. The van der Waals surface area contributed by atoms with Crippen LogP contribution < -0.4 is 5.32 Å². The molecule has 5 heteroatoms. The molecular formula is C20H24ClNOS2. The molecule has 1 atom stereocenters. The van der Waals surface area contributed by atoms with Gasteiger partial charge in [0.2, 0.25) is 5.91 Å². The summed E-state index contributed by atoms with van der Waals surface area (Å²) in [5.74, 6) is 2.01. The molecule has 0 bridgehead atoms. The summed E-state index contributed by atoms with van der Waals surface area (Å²) < 4.78 is 0. The van der Waals surface area contributed by atoms with Gasteiger partial charge < -0.3 is 5.32 Å². The van der Waals surface area contributed by atoms with Crippen molar-refractivity contribution in [2.75, 3.05) is 12.3 Å². The van der Waals surface area contributed by atoms with Gasteiger partial charge in [-0.25, -0.2) is 0 Å². The van der Waals surface area contributed by atoms with Gasteiger partial charge in [-0.3, -0.25) is 4.79 Å². The number of nitrogens with one attached hydrogen (secondary N) is 1. The van der Waals surface area contributed by atoms with Crippen molar-refractivity contribution in [3.63, 3.8) is 0 Å². The molecule has 0 aliphatic carbocycles. The molecule has 0 aliphatic rings. The van der Waals surface area contributed by atoms with E-state index in [0.29, 0.717) is 11.6 Å². The minimum Gasteiger partial charge on any atom is -0.354 e. The van der Waals surface area contributed by atoms with Gasteiger partial charge in [-0.2, -0.15) is 11.8 Å². The lowest BCUT2D eigenvalue weighted by atomic mass is 10.2. The van der Waals surface area contributed by atoms with E-state index in [0.717, 1.165) is 22.8 Å². The zero-order chi connectivity index (χ0) is 18.1. The Morgan fingerprint density at radius 2 is 1.96 bits per heavy atom. The third kappa shape index (κ3) is 7.35. The summed E-state index contributed by atoms with van der Waals surface area (Å²) in [5, 5.41) is 3.70. The van der Waals surface area contributed by atoms with Gasteiger partial charge in [0.25, 0.3) is 0 Å². The predicted octanol–water partition coefficient (Wildman–Crippen LogP) is 5.57. The van der Waals surface area contributed by atoms with Crippen LogP contribution in [0.3, 0.4) is 0 Å². The Morgan fingerprint density at radius 3 is 2.64 bits per heavy atom. The van der Waals surface area contributed by atoms with Crippen molar-refractivity contribution in [1.82, 2.24) is 5.32 Å². The summed E-state index contributed by atoms with van der Waals surface area (Å²) in [5.41, 5.74) is 2.62. The summed E-state index contributed by atoms with van der Waals surface area (Å²) in [4.78, 5) is 13.4. The molecule has 25 heavy (non-hydrogen) atoms. The number of halogens is 1. The maximum absolute atomic E-state index is 12.4. The van der Waals surface area contributed by atoms with E-state index in [1.54, 1.807) is 11.8 Å². The van der Waals surface area contributed by atoms with Crippen LogP contribution in [-0.2, 0) is 10.5 Å². The zero-order valence-electron chi connectivity index (χ0n) is 14.6. The summed E-state index contributed by atoms with van der Waals surface area (Å²) >= 11 is 9.34. The molecule has 0 saturated carbocycles. The van der Waals surface area contributed by atoms with Crippen LogP contribution in [0.5, 0.6) is 0 Å². The SMILES string of the molecule is CC[C@@H](Sc1ccc(Cl)cc1)C(=O)NCCSCc1cccc(C)c1. The van der Waals surface area contributed by atoms with Crippen molar-refractivity contribution in [3.05, 3.63) is 64.7 Å². The zero-order valence-corrected chi connectivity index (χ0v) is 17.0. The van der Waals surface area contributed by atoms with Gasteiger partial charge >= 0.3 is 0 Å². The van der Waals surface area contributed by atoms with Crippen LogP contribution in [0.2, 0.25) is 5.02 Å². The lowest BCUT2D eigenvalue weighted by Crippen LogP contribution is -2.33. The van der Waals surface area contributed by atoms with Crippen molar-refractivity contribution in [2.24, 2.45) is 0 Å². The van der Waals surface area contributed by atoms with Crippen molar-refractivity contribution in [1.29, 1.82) is 0 Å². The molecule has 0 saturated heterocycles.